The maximum absolute atomic E-state index is 11.3. The number of hydrogen-bond acceptors (Lipinski definition) is 3. The molecule has 0 aliphatic rings. The summed E-state index contributed by atoms with van der Waals surface area (Å²) in [5.74, 6) is 0. The lowest BCUT2D eigenvalue weighted by atomic mass is 10.1. The molecule has 0 radical (unpaired) electrons. The molecule has 4 N–H and O–H groups in total. The average Bonchev–Trinajstić information content (AvgIpc) is 2.51. The van der Waals surface area contributed by atoms with E-state index in [0.717, 1.165) is 16.8 Å². The number of nitrogens with two attached hydrogens (primary N) is 1. The fourth-order valence-corrected chi connectivity index (χ4v) is 3.10. The smallest absolute Gasteiger partial charge is 0.238 e. The van der Waals surface area contributed by atoms with Gasteiger partial charge in [0.15, 0.2) is 5.11 Å². The SMILES string of the molecule is Cc1c(Cl)cccc1NC(=S)N[C@H](C)c1ccc(S(N)(=O)=O)cc1. The van der Waals surface area contributed by atoms with Crippen molar-refractivity contribution < 1.29 is 8.42 Å². The summed E-state index contributed by atoms with van der Waals surface area (Å²) < 4.78 is 22.5. The van der Waals surface area contributed by atoms with E-state index in [1.54, 1.807) is 12.1 Å². The number of thiocarbonyl (C=S) groups is 1. The van der Waals surface area contributed by atoms with Gasteiger partial charge in [-0.2, -0.15) is 0 Å². The number of rotatable bonds is 4. The summed E-state index contributed by atoms with van der Waals surface area (Å²) in [5.41, 5.74) is 2.62. The van der Waals surface area contributed by atoms with E-state index in [9.17, 15) is 8.42 Å². The Morgan fingerprint density at radius 2 is 1.83 bits per heavy atom. The predicted molar refractivity (Wildman–Crippen MR) is 102 cm³/mol. The van der Waals surface area contributed by atoms with Gasteiger partial charge in [-0.15, -0.1) is 0 Å². The van der Waals surface area contributed by atoms with Crippen LogP contribution in [0.2, 0.25) is 5.02 Å². The molecule has 24 heavy (non-hydrogen) atoms. The zero-order valence-electron chi connectivity index (χ0n) is 13.2. The van der Waals surface area contributed by atoms with E-state index in [1.165, 1.54) is 12.1 Å². The fraction of sp³-hybridized carbons (Fsp3) is 0.188. The lowest BCUT2D eigenvalue weighted by Gasteiger charge is -2.18. The minimum absolute atomic E-state index is 0.0775. The molecule has 1 atom stereocenters. The largest absolute Gasteiger partial charge is 0.356 e. The summed E-state index contributed by atoms with van der Waals surface area (Å²) in [7, 11) is -3.69. The van der Waals surface area contributed by atoms with E-state index in [1.807, 2.05) is 32.0 Å². The molecule has 2 rings (SSSR count). The highest BCUT2D eigenvalue weighted by Gasteiger charge is 2.11. The van der Waals surface area contributed by atoms with Crippen molar-refractivity contribution >= 4 is 44.6 Å². The molecule has 0 saturated heterocycles. The summed E-state index contributed by atoms with van der Waals surface area (Å²) in [5, 5.41) is 12.5. The zero-order chi connectivity index (χ0) is 17.9. The number of hydrogen-bond donors (Lipinski definition) is 3. The van der Waals surface area contributed by atoms with Crippen molar-refractivity contribution in [1.82, 2.24) is 5.32 Å². The van der Waals surface area contributed by atoms with Crippen LogP contribution in [0.5, 0.6) is 0 Å². The summed E-state index contributed by atoms with van der Waals surface area (Å²) in [4.78, 5) is 0.0775. The van der Waals surface area contributed by atoms with Gasteiger partial charge in [-0.25, -0.2) is 13.6 Å². The highest BCUT2D eigenvalue weighted by molar-refractivity contribution is 7.89. The van der Waals surface area contributed by atoms with E-state index in [0.29, 0.717) is 10.1 Å². The van der Waals surface area contributed by atoms with Crippen molar-refractivity contribution in [2.45, 2.75) is 24.8 Å². The topological polar surface area (TPSA) is 84.2 Å². The van der Waals surface area contributed by atoms with Crippen LogP contribution in [-0.2, 0) is 10.0 Å². The Bertz CT molecular complexity index is 852. The Morgan fingerprint density at radius 1 is 1.21 bits per heavy atom. The van der Waals surface area contributed by atoms with Gasteiger partial charge in [0.05, 0.1) is 10.9 Å². The highest BCUT2D eigenvalue weighted by Crippen LogP contribution is 2.23. The Hall–Kier alpha value is -1.67. The molecule has 0 bridgehead atoms. The number of nitrogens with one attached hydrogen (secondary N) is 2. The molecule has 8 heteroatoms. The van der Waals surface area contributed by atoms with E-state index in [-0.39, 0.29) is 10.9 Å². The highest BCUT2D eigenvalue weighted by atomic mass is 35.5. The van der Waals surface area contributed by atoms with Gasteiger partial charge in [-0.1, -0.05) is 29.8 Å². The van der Waals surface area contributed by atoms with Crippen LogP contribution in [0, 0.1) is 6.92 Å². The van der Waals surface area contributed by atoms with Crippen LogP contribution in [0.15, 0.2) is 47.4 Å². The lowest BCUT2D eigenvalue weighted by Crippen LogP contribution is -2.31. The van der Waals surface area contributed by atoms with Gasteiger partial charge in [0, 0.05) is 10.7 Å². The maximum Gasteiger partial charge on any atom is 0.238 e. The van der Waals surface area contributed by atoms with Gasteiger partial charge in [-0.3, -0.25) is 0 Å². The van der Waals surface area contributed by atoms with E-state index < -0.39 is 10.0 Å². The Morgan fingerprint density at radius 3 is 2.42 bits per heavy atom. The maximum atomic E-state index is 11.3. The van der Waals surface area contributed by atoms with Gasteiger partial charge in [0.25, 0.3) is 0 Å². The minimum Gasteiger partial charge on any atom is -0.356 e. The molecule has 2 aromatic carbocycles. The van der Waals surface area contributed by atoms with Crippen LogP contribution >= 0.6 is 23.8 Å². The molecule has 128 valence electrons. The van der Waals surface area contributed by atoms with Crippen LogP contribution in [0.1, 0.15) is 24.1 Å². The molecule has 2 aromatic rings. The average molecular weight is 384 g/mol. The van der Waals surface area contributed by atoms with Crippen molar-refractivity contribution in [3.8, 4) is 0 Å². The zero-order valence-corrected chi connectivity index (χ0v) is 15.6. The van der Waals surface area contributed by atoms with Gasteiger partial charge in [-0.05, 0) is 61.5 Å². The van der Waals surface area contributed by atoms with Crippen LogP contribution in [0.25, 0.3) is 0 Å². The van der Waals surface area contributed by atoms with Crippen LogP contribution in [0.3, 0.4) is 0 Å². The van der Waals surface area contributed by atoms with Gasteiger partial charge >= 0.3 is 0 Å². The molecule has 0 spiro atoms. The Labute approximate surface area is 152 Å². The first-order valence-electron chi connectivity index (χ1n) is 7.14. The summed E-state index contributed by atoms with van der Waals surface area (Å²) in [6.45, 7) is 3.83. The first-order chi connectivity index (χ1) is 11.2. The summed E-state index contributed by atoms with van der Waals surface area (Å²) in [6.07, 6.45) is 0. The van der Waals surface area contributed by atoms with Crippen molar-refractivity contribution in [3.63, 3.8) is 0 Å². The minimum atomic E-state index is -3.69. The first-order valence-corrected chi connectivity index (χ1v) is 9.47. The quantitative estimate of drug-likeness (QED) is 0.705. The molecule has 0 amide bonds. The van der Waals surface area contributed by atoms with Crippen LogP contribution < -0.4 is 15.8 Å². The summed E-state index contributed by atoms with van der Waals surface area (Å²) >= 11 is 11.4. The summed E-state index contributed by atoms with van der Waals surface area (Å²) in [6, 6.07) is 11.8. The van der Waals surface area contributed by atoms with Crippen molar-refractivity contribution in [2.24, 2.45) is 5.14 Å². The third-order valence-corrected chi connectivity index (χ3v) is 5.13. The third kappa shape index (κ3) is 4.67. The molecule has 0 heterocycles. The molecule has 0 aliphatic heterocycles. The lowest BCUT2D eigenvalue weighted by molar-refractivity contribution is 0.597. The van der Waals surface area contributed by atoms with Crippen LogP contribution in [-0.4, -0.2) is 13.5 Å². The van der Waals surface area contributed by atoms with Gasteiger partial charge in [0.1, 0.15) is 0 Å². The molecule has 0 fully saturated rings. The number of anilines is 1. The number of benzene rings is 2. The van der Waals surface area contributed by atoms with Crippen molar-refractivity contribution in [1.29, 1.82) is 0 Å². The number of primary sulfonamides is 1. The number of halogens is 1. The van der Waals surface area contributed by atoms with E-state index >= 15 is 0 Å². The van der Waals surface area contributed by atoms with Crippen LogP contribution in [0.4, 0.5) is 5.69 Å². The molecule has 0 unspecified atom stereocenters. The van der Waals surface area contributed by atoms with Gasteiger partial charge in [0.2, 0.25) is 10.0 Å². The standard InChI is InChI=1S/C16H18ClN3O2S2/c1-10-14(17)4-3-5-15(10)20-16(23)19-11(2)12-6-8-13(9-7-12)24(18,21)22/h3-9,11H,1-2H3,(H2,18,21,22)(H2,19,20,23)/t11-/m1/s1. The van der Waals surface area contributed by atoms with Crippen molar-refractivity contribution in [2.75, 3.05) is 5.32 Å². The second-order valence-electron chi connectivity index (χ2n) is 5.35. The normalized spacial score (nSPS) is 12.5. The molecule has 5 nitrogen and oxygen atoms in total. The molecule has 0 aromatic heterocycles. The molecule has 0 aliphatic carbocycles. The molecular formula is C16H18ClN3O2S2. The van der Waals surface area contributed by atoms with Gasteiger partial charge < -0.3 is 10.6 Å². The molecule has 0 saturated carbocycles. The monoisotopic (exact) mass is 383 g/mol. The first kappa shape index (κ1) is 18.7. The second-order valence-corrected chi connectivity index (χ2v) is 7.72. The second kappa shape index (κ2) is 7.48. The number of sulfonamides is 1. The predicted octanol–water partition coefficient (Wildman–Crippen LogP) is 3.34. The van der Waals surface area contributed by atoms with E-state index in [2.05, 4.69) is 10.6 Å². The Kier molecular flexibility index (Phi) is 5.82. The van der Waals surface area contributed by atoms with Crippen molar-refractivity contribution in [3.05, 3.63) is 58.6 Å². The molecular weight excluding hydrogens is 366 g/mol. The Balaban J connectivity index is 2.05. The van der Waals surface area contributed by atoms with E-state index in [4.69, 9.17) is 29.0 Å². The third-order valence-electron chi connectivity index (χ3n) is 3.57. The fourth-order valence-electron chi connectivity index (χ4n) is 2.13.